The van der Waals surface area contributed by atoms with Crippen LogP contribution in [0.3, 0.4) is 0 Å². The van der Waals surface area contributed by atoms with Crippen LogP contribution < -0.4 is 5.73 Å². The molecule has 13 heavy (non-hydrogen) atoms. The van der Waals surface area contributed by atoms with Crippen LogP contribution in [-0.2, 0) is 6.54 Å². The first kappa shape index (κ1) is 8.65. The van der Waals surface area contributed by atoms with Gasteiger partial charge in [-0.1, -0.05) is 0 Å². The molecule has 1 saturated carbocycles. The summed E-state index contributed by atoms with van der Waals surface area (Å²) in [5.74, 6) is 0.349. The molecule has 0 amide bonds. The van der Waals surface area contributed by atoms with Crippen molar-refractivity contribution in [1.29, 1.82) is 0 Å². The third-order valence-electron chi connectivity index (χ3n) is 2.59. The second-order valence-corrected chi connectivity index (χ2v) is 3.68. The van der Waals surface area contributed by atoms with Crippen molar-refractivity contribution in [3.8, 4) is 0 Å². The second kappa shape index (κ2) is 3.08. The maximum atomic E-state index is 10.1. The van der Waals surface area contributed by atoms with Crippen molar-refractivity contribution in [2.45, 2.75) is 25.0 Å². The zero-order valence-corrected chi connectivity index (χ0v) is 7.43. The van der Waals surface area contributed by atoms with Gasteiger partial charge in [0.2, 0.25) is 0 Å². The number of aliphatic hydroxyl groups is 1. The van der Waals surface area contributed by atoms with Crippen molar-refractivity contribution < 1.29 is 5.11 Å². The van der Waals surface area contributed by atoms with Crippen LogP contribution in [-0.4, -0.2) is 32.0 Å². The van der Waals surface area contributed by atoms with Crippen LogP contribution in [0.2, 0.25) is 0 Å². The lowest BCUT2D eigenvalue weighted by Crippen LogP contribution is -2.44. The van der Waals surface area contributed by atoms with E-state index in [9.17, 15) is 5.11 Å². The van der Waals surface area contributed by atoms with Crippen molar-refractivity contribution in [2.24, 2.45) is 11.7 Å². The van der Waals surface area contributed by atoms with Gasteiger partial charge in [0, 0.05) is 6.54 Å². The Morgan fingerprint density at radius 1 is 1.62 bits per heavy atom. The number of rotatable bonds is 4. The lowest BCUT2D eigenvalue weighted by Gasteiger charge is -2.25. The Kier molecular flexibility index (Phi) is 2.05. The van der Waals surface area contributed by atoms with Crippen LogP contribution in [0.5, 0.6) is 0 Å². The highest BCUT2D eigenvalue weighted by molar-refractivity contribution is 4.95. The molecule has 5 heteroatoms. The molecule has 1 unspecified atom stereocenters. The van der Waals surface area contributed by atoms with E-state index in [0.717, 1.165) is 12.8 Å². The van der Waals surface area contributed by atoms with Gasteiger partial charge in [0.15, 0.2) is 0 Å². The maximum absolute atomic E-state index is 10.1. The molecule has 0 saturated heterocycles. The molecule has 0 spiro atoms. The second-order valence-electron chi connectivity index (χ2n) is 3.68. The van der Waals surface area contributed by atoms with Crippen molar-refractivity contribution in [3.63, 3.8) is 0 Å². The first-order valence-corrected chi connectivity index (χ1v) is 4.49. The molecule has 72 valence electrons. The summed E-state index contributed by atoms with van der Waals surface area (Å²) in [6, 6.07) is 0. The number of hydrogen-bond donors (Lipinski definition) is 2. The number of aromatic nitrogens is 3. The third-order valence-corrected chi connectivity index (χ3v) is 2.59. The van der Waals surface area contributed by atoms with Crippen LogP contribution in [0.1, 0.15) is 12.8 Å². The quantitative estimate of drug-likeness (QED) is 0.650. The summed E-state index contributed by atoms with van der Waals surface area (Å²) in [6.07, 6.45) is 5.21. The summed E-state index contributed by atoms with van der Waals surface area (Å²) in [5.41, 5.74) is 4.77. The Morgan fingerprint density at radius 3 is 2.85 bits per heavy atom. The standard InChI is InChI=1S/C8H14N4O/c9-3-8(13,7-1-2-7)4-12-6-10-5-11-12/h5-7,13H,1-4,9H2. The summed E-state index contributed by atoms with van der Waals surface area (Å²) >= 11 is 0. The van der Waals surface area contributed by atoms with Gasteiger partial charge < -0.3 is 10.8 Å². The van der Waals surface area contributed by atoms with E-state index in [-0.39, 0.29) is 6.54 Å². The fourth-order valence-corrected chi connectivity index (χ4v) is 1.58. The Morgan fingerprint density at radius 2 is 2.38 bits per heavy atom. The molecule has 1 aromatic rings. The van der Waals surface area contributed by atoms with E-state index >= 15 is 0 Å². The van der Waals surface area contributed by atoms with Gasteiger partial charge in [0.25, 0.3) is 0 Å². The van der Waals surface area contributed by atoms with Gasteiger partial charge in [-0.2, -0.15) is 5.10 Å². The molecule has 0 bridgehead atoms. The topological polar surface area (TPSA) is 77.0 Å². The first-order valence-electron chi connectivity index (χ1n) is 4.49. The molecule has 0 aromatic carbocycles. The van der Waals surface area contributed by atoms with Gasteiger partial charge in [-0.3, -0.25) is 4.68 Å². The molecule has 1 fully saturated rings. The minimum absolute atomic E-state index is 0.289. The van der Waals surface area contributed by atoms with E-state index in [0.29, 0.717) is 12.5 Å². The predicted molar refractivity (Wildman–Crippen MR) is 46.8 cm³/mol. The molecule has 3 N–H and O–H groups in total. The molecule has 5 nitrogen and oxygen atoms in total. The largest absolute Gasteiger partial charge is 0.386 e. The van der Waals surface area contributed by atoms with Crippen LogP contribution in [0.4, 0.5) is 0 Å². The van der Waals surface area contributed by atoms with Gasteiger partial charge in [0.05, 0.1) is 12.1 Å². The smallest absolute Gasteiger partial charge is 0.137 e. The molecule has 1 aliphatic carbocycles. The molecule has 1 aromatic heterocycles. The minimum atomic E-state index is -0.784. The fraction of sp³-hybridized carbons (Fsp3) is 0.750. The van der Waals surface area contributed by atoms with E-state index in [1.165, 1.54) is 6.33 Å². The molecule has 0 aliphatic heterocycles. The monoisotopic (exact) mass is 182 g/mol. The fourth-order valence-electron chi connectivity index (χ4n) is 1.58. The summed E-state index contributed by atoms with van der Waals surface area (Å²) in [4.78, 5) is 3.82. The summed E-state index contributed by atoms with van der Waals surface area (Å²) in [6.45, 7) is 0.742. The van der Waals surface area contributed by atoms with Crippen molar-refractivity contribution in [3.05, 3.63) is 12.7 Å². The summed E-state index contributed by atoms with van der Waals surface area (Å²) in [7, 11) is 0. The lowest BCUT2D eigenvalue weighted by molar-refractivity contribution is 0.00617. The highest BCUT2D eigenvalue weighted by Gasteiger charge is 2.43. The zero-order valence-electron chi connectivity index (χ0n) is 7.43. The highest BCUT2D eigenvalue weighted by Crippen LogP contribution is 2.39. The summed E-state index contributed by atoms with van der Waals surface area (Å²) < 4.78 is 1.63. The summed E-state index contributed by atoms with van der Waals surface area (Å²) in [5, 5.41) is 14.1. The first-order chi connectivity index (χ1) is 6.24. The van der Waals surface area contributed by atoms with E-state index in [1.54, 1.807) is 11.0 Å². The Bertz CT molecular complexity index is 270. The van der Waals surface area contributed by atoms with Gasteiger partial charge in [-0.15, -0.1) is 0 Å². The Balaban J connectivity index is 2.05. The van der Waals surface area contributed by atoms with E-state index < -0.39 is 5.60 Å². The molecular weight excluding hydrogens is 168 g/mol. The predicted octanol–water partition coefficient (Wildman–Crippen LogP) is -0.622. The van der Waals surface area contributed by atoms with Crippen molar-refractivity contribution in [2.75, 3.05) is 6.54 Å². The number of nitrogens with two attached hydrogens (primary N) is 1. The van der Waals surface area contributed by atoms with Crippen molar-refractivity contribution >= 4 is 0 Å². The molecule has 1 atom stereocenters. The highest BCUT2D eigenvalue weighted by atomic mass is 16.3. The number of nitrogens with zero attached hydrogens (tertiary/aromatic N) is 3. The maximum Gasteiger partial charge on any atom is 0.137 e. The number of hydrogen-bond acceptors (Lipinski definition) is 4. The third kappa shape index (κ3) is 1.71. The molecule has 0 radical (unpaired) electrons. The Labute approximate surface area is 76.6 Å². The van der Waals surface area contributed by atoms with Crippen LogP contribution in [0.25, 0.3) is 0 Å². The SMILES string of the molecule is NCC(O)(Cn1cncn1)C1CC1. The molecular formula is C8H14N4O. The normalized spacial score (nSPS) is 21.4. The molecule has 1 aliphatic rings. The van der Waals surface area contributed by atoms with Crippen LogP contribution in [0.15, 0.2) is 12.7 Å². The Hall–Kier alpha value is -0.940. The average molecular weight is 182 g/mol. The van der Waals surface area contributed by atoms with Gasteiger partial charge in [-0.25, -0.2) is 4.98 Å². The molecule has 1 heterocycles. The van der Waals surface area contributed by atoms with Gasteiger partial charge >= 0.3 is 0 Å². The average Bonchev–Trinajstić information content (AvgIpc) is 2.88. The molecule has 2 rings (SSSR count). The zero-order chi connectivity index (χ0) is 9.31. The van der Waals surface area contributed by atoms with Gasteiger partial charge in [0.1, 0.15) is 12.7 Å². The van der Waals surface area contributed by atoms with Gasteiger partial charge in [-0.05, 0) is 18.8 Å². The minimum Gasteiger partial charge on any atom is -0.386 e. The lowest BCUT2D eigenvalue weighted by atomic mass is 9.98. The van der Waals surface area contributed by atoms with E-state index in [1.807, 2.05) is 0 Å². The van der Waals surface area contributed by atoms with E-state index in [4.69, 9.17) is 5.73 Å². The van der Waals surface area contributed by atoms with E-state index in [2.05, 4.69) is 10.1 Å². The van der Waals surface area contributed by atoms with Crippen LogP contribution in [0, 0.1) is 5.92 Å². The van der Waals surface area contributed by atoms with Crippen LogP contribution >= 0.6 is 0 Å². The van der Waals surface area contributed by atoms with Crippen molar-refractivity contribution in [1.82, 2.24) is 14.8 Å².